The summed E-state index contributed by atoms with van der Waals surface area (Å²) >= 11 is 0. The number of hydrogen-bond donors (Lipinski definition) is 2. The monoisotopic (exact) mass is 382 g/mol. The first-order valence-corrected chi connectivity index (χ1v) is 8.11. The number of alkyl halides is 3. The van der Waals surface area contributed by atoms with Gasteiger partial charge in [0.1, 0.15) is 5.75 Å². The Kier molecular flexibility index (Phi) is 7.27. The molecule has 146 valence electrons. The average molecular weight is 382 g/mol. The van der Waals surface area contributed by atoms with Crippen molar-refractivity contribution in [2.45, 2.75) is 19.3 Å². The second kappa shape index (κ2) is 9.65. The van der Waals surface area contributed by atoms with Crippen LogP contribution in [0.15, 0.2) is 47.6 Å². The van der Waals surface area contributed by atoms with E-state index < -0.39 is 12.8 Å². The summed E-state index contributed by atoms with van der Waals surface area (Å²) in [7, 11) is 3.20. The zero-order chi connectivity index (χ0) is 19.7. The number of methoxy groups -OCH3 is 1. The van der Waals surface area contributed by atoms with Crippen LogP contribution >= 0.6 is 0 Å². The lowest BCUT2D eigenvalue weighted by molar-refractivity contribution is -0.153. The van der Waals surface area contributed by atoms with Crippen molar-refractivity contribution in [2.24, 2.45) is 4.99 Å². The molecule has 0 amide bonds. The maximum atomic E-state index is 12.1. The first-order valence-electron chi connectivity index (χ1n) is 8.11. The minimum Gasteiger partial charge on any atom is -0.484 e. The predicted octanol–water partition coefficient (Wildman–Crippen LogP) is 2.90. The Hall–Kier alpha value is -2.97. The molecular formula is C18H21F3N4O2. The average Bonchev–Trinajstić information content (AvgIpc) is 2.67. The van der Waals surface area contributed by atoms with Crippen LogP contribution < -0.4 is 20.1 Å². The van der Waals surface area contributed by atoms with E-state index in [1.54, 1.807) is 32.5 Å². The maximum absolute atomic E-state index is 12.1. The summed E-state index contributed by atoms with van der Waals surface area (Å²) in [5, 5.41) is 6.29. The molecule has 0 bridgehead atoms. The Labute approximate surface area is 155 Å². The fraction of sp³-hybridized carbons (Fsp3) is 0.333. The molecule has 0 saturated heterocycles. The van der Waals surface area contributed by atoms with Gasteiger partial charge in [0, 0.05) is 32.4 Å². The van der Waals surface area contributed by atoms with Crippen molar-refractivity contribution in [3.05, 3.63) is 53.7 Å². The summed E-state index contributed by atoms with van der Waals surface area (Å²) in [5.74, 6) is 1.29. The largest absolute Gasteiger partial charge is 0.484 e. The number of ether oxygens (including phenoxy) is 2. The molecule has 2 rings (SSSR count). The van der Waals surface area contributed by atoms with Crippen molar-refractivity contribution in [3.63, 3.8) is 0 Å². The van der Waals surface area contributed by atoms with Gasteiger partial charge in [-0.05, 0) is 29.3 Å². The summed E-state index contributed by atoms with van der Waals surface area (Å²) in [6, 6.07) is 10.1. The van der Waals surface area contributed by atoms with E-state index in [-0.39, 0.29) is 5.75 Å². The van der Waals surface area contributed by atoms with E-state index in [1.165, 1.54) is 12.1 Å². The third-order valence-electron chi connectivity index (χ3n) is 3.48. The van der Waals surface area contributed by atoms with Gasteiger partial charge in [0.2, 0.25) is 5.88 Å². The summed E-state index contributed by atoms with van der Waals surface area (Å²) in [5.41, 5.74) is 1.86. The van der Waals surface area contributed by atoms with Gasteiger partial charge in [-0.25, -0.2) is 4.98 Å². The Morgan fingerprint density at radius 2 is 1.74 bits per heavy atom. The Morgan fingerprint density at radius 1 is 1.07 bits per heavy atom. The van der Waals surface area contributed by atoms with Crippen LogP contribution in [0.1, 0.15) is 11.1 Å². The first kappa shape index (κ1) is 20.3. The number of halogens is 3. The summed E-state index contributed by atoms with van der Waals surface area (Å²) in [4.78, 5) is 8.18. The number of aliphatic imine (C=N–C) groups is 1. The first-order chi connectivity index (χ1) is 12.9. The number of nitrogens with zero attached hydrogens (tertiary/aromatic N) is 2. The maximum Gasteiger partial charge on any atom is 0.422 e. The predicted molar refractivity (Wildman–Crippen MR) is 95.8 cm³/mol. The minimum absolute atomic E-state index is 0.171. The Bertz CT molecular complexity index is 749. The third kappa shape index (κ3) is 7.43. The molecule has 2 N–H and O–H groups in total. The van der Waals surface area contributed by atoms with Crippen LogP contribution in [0.25, 0.3) is 0 Å². The Morgan fingerprint density at radius 3 is 2.33 bits per heavy atom. The van der Waals surface area contributed by atoms with Gasteiger partial charge in [0.25, 0.3) is 0 Å². The van der Waals surface area contributed by atoms with Crippen molar-refractivity contribution in [1.82, 2.24) is 15.6 Å². The fourth-order valence-electron chi connectivity index (χ4n) is 2.13. The second-order valence-corrected chi connectivity index (χ2v) is 5.53. The molecule has 1 aromatic heterocycles. The molecule has 0 aliphatic heterocycles. The van der Waals surface area contributed by atoms with Gasteiger partial charge in [0.05, 0.1) is 7.11 Å². The molecular weight excluding hydrogens is 361 g/mol. The SMILES string of the molecule is CN=C(NCc1ccc(OCC(F)(F)F)cc1)NCc1ccnc(OC)c1. The van der Waals surface area contributed by atoms with Gasteiger partial charge in [-0.15, -0.1) is 0 Å². The fourth-order valence-corrected chi connectivity index (χ4v) is 2.13. The lowest BCUT2D eigenvalue weighted by atomic mass is 10.2. The van der Waals surface area contributed by atoms with Gasteiger partial charge >= 0.3 is 6.18 Å². The topological polar surface area (TPSA) is 67.8 Å². The molecule has 2 aromatic rings. The van der Waals surface area contributed by atoms with Crippen molar-refractivity contribution >= 4 is 5.96 Å². The van der Waals surface area contributed by atoms with Crippen molar-refractivity contribution < 1.29 is 22.6 Å². The molecule has 0 aliphatic carbocycles. The lowest BCUT2D eigenvalue weighted by Crippen LogP contribution is -2.36. The Balaban J connectivity index is 1.81. The number of benzene rings is 1. The van der Waals surface area contributed by atoms with Crippen LogP contribution in [0.2, 0.25) is 0 Å². The van der Waals surface area contributed by atoms with Gasteiger partial charge in [0.15, 0.2) is 12.6 Å². The number of rotatable bonds is 7. The molecule has 6 nitrogen and oxygen atoms in total. The molecule has 0 saturated carbocycles. The smallest absolute Gasteiger partial charge is 0.422 e. The molecule has 0 spiro atoms. The zero-order valence-electron chi connectivity index (χ0n) is 15.0. The van der Waals surface area contributed by atoms with E-state index in [1.807, 2.05) is 12.1 Å². The lowest BCUT2D eigenvalue weighted by Gasteiger charge is -2.13. The highest BCUT2D eigenvalue weighted by Crippen LogP contribution is 2.18. The van der Waals surface area contributed by atoms with Crippen LogP contribution in [-0.4, -0.2) is 37.9 Å². The van der Waals surface area contributed by atoms with E-state index in [4.69, 9.17) is 4.74 Å². The van der Waals surface area contributed by atoms with E-state index in [0.717, 1.165) is 11.1 Å². The number of hydrogen-bond acceptors (Lipinski definition) is 4. The highest BCUT2D eigenvalue weighted by atomic mass is 19.4. The van der Waals surface area contributed by atoms with E-state index in [0.29, 0.717) is 24.9 Å². The molecule has 27 heavy (non-hydrogen) atoms. The summed E-state index contributed by atoms with van der Waals surface area (Å²) < 4.78 is 46.2. The quantitative estimate of drug-likeness (QED) is 0.569. The molecule has 1 aromatic carbocycles. The number of guanidine groups is 1. The molecule has 0 radical (unpaired) electrons. The van der Waals surface area contributed by atoms with Crippen LogP contribution in [0.5, 0.6) is 11.6 Å². The van der Waals surface area contributed by atoms with Crippen LogP contribution in [0, 0.1) is 0 Å². The van der Waals surface area contributed by atoms with Gasteiger partial charge in [-0.1, -0.05) is 12.1 Å². The molecule has 0 fully saturated rings. The van der Waals surface area contributed by atoms with E-state index in [9.17, 15) is 13.2 Å². The van der Waals surface area contributed by atoms with Crippen molar-refractivity contribution in [2.75, 3.05) is 20.8 Å². The standard InChI is InChI=1S/C18H21F3N4O2/c1-22-17(25-11-14-7-8-23-16(9-14)26-2)24-10-13-3-5-15(6-4-13)27-12-18(19,20)21/h3-9H,10-12H2,1-2H3,(H2,22,24,25). The van der Waals surface area contributed by atoms with Crippen LogP contribution in [0.3, 0.4) is 0 Å². The highest BCUT2D eigenvalue weighted by molar-refractivity contribution is 5.79. The van der Waals surface area contributed by atoms with E-state index in [2.05, 4.69) is 25.3 Å². The number of pyridine rings is 1. The molecule has 0 unspecified atom stereocenters. The third-order valence-corrected chi connectivity index (χ3v) is 3.48. The summed E-state index contributed by atoms with van der Waals surface area (Å²) in [6.45, 7) is -0.317. The molecule has 9 heteroatoms. The zero-order valence-corrected chi connectivity index (χ0v) is 15.0. The van der Waals surface area contributed by atoms with Gasteiger partial charge < -0.3 is 20.1 Å². The number of nitrogens with one attached hydrogen (secondary N) is 2. The van der Waals surface area contributed by atoms with Crippen LogP contribution in [-0.2, 0) is 13.1 Å². The van der Waals surface area contributed by atoms with Crippen LogP contribution in [0.4, 0.5) is 13.2 Å². The van der Waals surface area contributed by atoms with Crippen molar-refractivity contribution in [3.8, 4) is 11.6 Å². The normalized spacial score (nSPS) is 11.8. The molecule has 0 aliphatic rings. The van der Waals surface area contributed by atoms with Gasteiger partial charge in [-0.2, -0.15) is 13.2 Å². The summed E-state index contributed by atoms with van der Waals surface area (Å²) in [6.07, 6.45) is -2.69. The minimum atomic E-state index is -4.35. The van der Waals surface area contributed by atoms with E-state index >= 15 is 0 Å². The second-order valence-electron chi connectivity index (χ2n) is 5.53. The molecule has 1 heterocycles. The van der Waals surface area contributed by atoms with Crippen molar-refractivity contribution in [1.29, 1.82) is 0 Å². The molecule has 0 atom stereocenters. The number of aromatic nitrogens is 1. The van der Waals surface area contributed by atoms with Gasteiger partial charge in [-0.3, -0.25) is 4.99 Å². The highest BCUT2D eigenvalue weighted by Gasteiger charge is 2.28.